The van der Waals surface area contributed by atoms with Crippen molar-refractivity contribution in [3.8, 4) is 0 Å². The summed E-state index contributed by atoms with van der Waals surface area (Å²) < 4.78 is 5.18. The van der Waals surface area contributed by atoms with Gasteiger partial charge in [-0.3, -0.25) is 14.4 Å². The van der Waals surface area contributed by atoms with Crippen LogP contribution in [-0.2, 0) is 30.5 Å². The van der Waals surface area contributed by atoms with E-state index in [0.717, 1.165) is 22.3 Å². The zero-order chi connectivity index (χ0) is 26.5. The Labute approximate surface area is 222 Å². The van der Waals surface area contributed by atoms with Gasteiger partial charge in [0.15, 0.2) is 5.78 Å². The van der Waals surface area contributed by atoms with Gasteiger partial charge in [0.2, 0.25) is 5.91 Å². The fraction of sp³-hybridized carbons (Fsp3) is 0.214. The minimum Gasteiger partial charge on any atom is -0.481 e. The molecule has 190 valence electrons. The van der Waals surface area contributed by atoms with Crippen LogP contribution in [0.25, 0.3) is 5.57 Å². The fourth-order valence-corrected chi connectivity index (χ4v) is 4.71. The zero-order valence-corrected chi connectivity index (χ0v) is 21.7. The number of hydrogen-bond acceptors (Lipinski definition) is 6. The number of carbonyl (C=O) groups excluding carboxylic acids is 3. The Morgan fingerprint density at radius 1 is 1.08 bits per heavy atom. The van der Waals surface area contributed by atoms with Crippen molar-refractivity contribution < 1.29 is 29.0 Å². The zero-order valence-electron chi connectivity index (χ0n) is 20.1. The van der Waals surface area contributed by atoms with Crippen LogP contribution >= 0.6 is 15.9 Å². The Kier molecular flexibility index (Phi) is 8.03. The number of allylic oxidation sites excluding steroid dienone is 4. The first-order valence-electron chi connectivity index (χ1n) is 11.6. The molecule has 2 aromatic rings. The number of methoxy groups -OCH3 is 1. The lowest BCUT2D eigenvalue weighted by molar-refractivity contribution is -0.138. The molecule has 0 bridgehead atoms. The van der Waals surface area contributed by atoms with E-state index in [-0.39, 0.29) is 31.0 Å². The molecule has 0 aromatic heterocycles. The Bertz CT molecular complexity index is 1330. The number of alkyl halides is 1. The van der Waals surface area contributed by atoms with Crippen LogP contribution in [0.3, 0.4) is 0 Å². The van der Waals surface area contributed by atoms with Crippen molar-refractivity contribution in [1.82, 2.24) is 4.90 Å². The predicted molar refractivity (Wildman–Crippen MR) is 141 cm³/mol. The van der Waals surface area contributed by atoms with Crippen LogP contribution in [0.1, 0.15) is 30.4 Å². The van der Waals surface area contributed by atoms with Crippen molar-refractivity contribution in [3.05, 3.63) is 94.8 Å². The number of Topliss-reactive ketones (excluding diaryl/α,β-unsaturated/α-hetero) is 1. The summed E-state index contributed by atoms with van der Waals surface area (Å²) >= 11 is 3.43. The lowest BCUT2D eigenvalue weighted by Gasteiger charge is -2.34. The molecule has 1 aliphatic heterocycles. The molecule has 2 aliphatic rings. The molecule has 4 rings (SSSR count). The summed E-state index contributed by atoms with van der Waals surface area (Å²) in [6.07, 6.45) is 3.53. The molecule has 0 spiro atoms. The largest absolute Gasteiger partial charge is 0.481 e. The highest BCUT2D eigenvalue weighted by Crippen LogP contribution is 2.42. The first kappa shape index (κ1) is 26.1. The summed E-state index contributed by atoms with van der Waals surface area (Å²) in [5.41, 5.74) is 4.92. The molecule has 1 unspecified atom stereocenters. The highest BCUT2D eigenvalue weighted by Gasteiger charge is 2.35. The number of ketones is 1. The van der Waals surface area contributed by atoms with Crippen molar-refractivity contribution in [2.45, 2.75) is 30.6 Å². The minimum absolute atomic E-state index is 0.0341. The molecule has 0 radical (unpaired) electrons. The Hall–Kier alpha value is -3.98. The molecule has 0 saturated carbocycles. The first-order chi connectivity index (χ1) is 17.8. The van der Waals surface area contributed by atoms with Gasteiger partial charge in [0.25, 0.3) is 0 Å². The second-order valence-electron chi connectivity index (χ2n) is 8.63. The van der Waals surface area contributed by atoms with E-state index in [2.05, 4.69) is 21.2 Å². The van der Waals surface area contributed by atoms with Gasteiger partial charge in [0.05, 0.1) is 18.4 Å². The lowest BCUT2D eigenvalue weighted by Crippen LogP contribution is -2.31. The summed E-state index contributed by atoms with van der Waals surface area (Å²) in [7, 11) is 1.34. The fourth-order valence-electron chi connectivity index (χ4n) is 4.28. The van der Waals surface area contributed by atoms with Gasteiger partial charge in [-0.25, -0.2) is 4.79 Å². The number of hydrogen-bond donors (Lipinski definition) is 2. The van der Waals surface area contributed by atoms with Gasteiger partial charge in [0, 0.05) is 36.8 Å². The molecule has 1 atom stereocenters. The van der Waals surface area contributed by atoms with Crippen LogP contribution in [0.5, 0.6) is 0 Å². The van der Waals surface area contributed by atoms with Gasteiger partial charge in [-0.05, 0) is 34.4 Å². The monoisotopic (exact) mass is 564 g/mol. The molecule has 9 heteroatoms. The van der Waals surface area contributed by atoms with Crippen LogP contribution in [0.15, 0.2) is 83.7 Å². The van der Waals surface area contributed by atoms with Crippen molar-refractivity contribution in [3.63, 3.8) is 0 Å². The van der Waals surface area contributed by atoms with Gasteiger partial charge in [-0.2, -0.15) is 0 Å². The number of benzene rings is 2. The van der Waals surface area contributed by atoms with Gasteiger partial charge in [0.1, 0.15) is 5.70 Å². The number of amides is 1. The average Bonchev–Trinajstić information content (AvgIpc) is 2.89. The van der Waals surface area contributed by atoms with Crippen molar-refractivity contribution >= 4 is 50.8 Å². The van der Waals surface area contributed by atoms with Crippen LogP contribution in [0, 0.1) is 0 Å². The third kappa shape index (κ3) is 6.06. The van der Waals surface area contributed by atoms with Gasteiger partial charge >= 0.3 is 11.9 Å². The maximum atomic E-state index is 13.1. The van der Waals surface area contributed by atoms with E-state index in [1.54, 1.807) is 17.0 Å². The van der Waals surface area contributed by atoms with E-state index in [0.29, 0.717) is 23.5 Å². The van der Waals surface area contributed by atoms with E-state index >= 15 is 0 Å². The van der Waals surface area contributed by atoms with E-state index in [9.17, 15) is 19.2 Å². The number of carboxylic acids is 1. The maximum Gasteiger partial charge on any atom is 0.355 e. The van der Waals surface area contributed by atoms with Gasteiger partial charge < -0.3 is 20.1 Å². The highest BCUT2D eigenvalue weighted by atomic mass is 79.9. The lowest BCUT2D eigenvalue weighted by atomic mass is 9.82. The smallest absolute Gasteiger partial charge is 0.355 e. The third-order valence-electron chi connectivity index (χ3n) is 6.03. The molecule has 0 saturated heterocycles. The van der Waals surface area contributed by atoms with Crippen LogP contribution in [-0.4, -0.2) is 45.6 Å². The number of carbonyl (C=O) groups is 4. The second kappa shape index (κ2) is 11.4. The number of ether oxygens (including phenoxy) is 1. The van der Waals surface area contributed by atoms with E-state index in [1.807, 2.05) is 54.7 Å². The molecule has 2 N–H and O–H groups in total. The topological polar surface area (TPSA) is 113 Å². The van der Waals surface area contributed by atoms with Crippen LogP contribution in [0.4, 0.5) is 5.69 Å². The summed E-state index contributed by atoms with van der Waals surface area (Å²) in [6.45, 7) is 0.316. The number of halogens is 1. The molecule has 1 heterocycles. The third-order valence-corrected chi connectivity index (χ3v) is 6.81. The van der Waals surface area contributed by atoms with Gasteiger partial charge in [-0.1, -0.05) is 64.5 Å². The summed E-state index contributed by atoms with van der Waals surface area (Å²) in [5.74, 6) is -1.88. The summed E-state index contributed by atoms with van der Waals surface area (Å²) in [4.78, 5) is 49.6. The SMILES string of the molecule is COC(=O)C1=C(c2ccccc2)C2=CC(Br)C(=O)CC2=CN1Cc1ccc(NC(=O)CCC(=O)O)cc1. The number of rotatable bonds is 8. The molecule has 37 heavy (non-hydrogen) atoms. The van der Waals surface area contributed by atoms with Crippen molar-refractivity contribution in [1.29, 1.82) is 0 Å². The van der Waals surface area contributed by atoms with E-state index in [1.165, 1.54) is 7.11 Å². The second-order valence-corrected chi connectivity index (χ2v) is 9.61. The number of aliphatic carboxylic acids is 1. The molecular weight excluding hydrogens is 540 g/mol. The standard InChI is InChI=1S/C28H25BrN2O6/c1-37-28(36)27-26(18-5-3-2-4-6-18)21-14-22(29)23(32)13-19(21)16-31(27)15-17-7-9-20(10-8-17)30-24(33)11-12-25(34)35/h2-10,14,16,22H,11-13,15H2,1H3,(H,30,33)(H,34,35). The average molecular weight is 565 g/mol. The molecule has 0 fully saturated rings. The predicted octanol–water partition coefficient (Wildman–Crippen LogP) is 4.44. The quantitative estimate of drug-likeness (QED) is 0.360. The van der Waals surface area contributed by atoms with Crippen LogP contribution < -0.4 is 5.32 Å². The van der Waals surface area contributed by atoms with E-state index < -0.39 is 16.8 Å². The molecule has 2 aromatic carbocycles. The number of esters is 1. The Morgan fingerprint density at radius 2 is 1.78 bits per heavy atom. The maximum absolute atomic E-state index is 13.1. The molecule has 8 nitrogen and oxygen atoms in total. The number of fused-ring (bicyclic) bond motifs is 1. The normalized spacial score (nSPS) is 17.0. The number of nitrogens with zero attached hydrogens (tertiary/aromatic N) is 1. The molecule has 1 aliphatic carbocycles. The van der Waals surface area contributed by atoms with Crippen LogP contribution in [0.2, 0.25) is 0 Å². The summed E-state index contributed by atoms with van der Waals surface area (Å²) in [5, 5.41) is 11.4. The van der Waals surface area contributed by atoms with Crippen molar-refractivity contribution in [2.75, 3.05) is 12.4 Å². The first-order valence-corrected chi connectivity index (χ1v) is 12.5. The minimum atomic E-state index is -1.03. The van der Waals surface area contributed by atoms with Gasteiger partial charge in [-0.15, -0.1) is 0 Å². The number of nitrogens with one attached hydrogen (secondary N) is 1. The number of anilines is 1. The summed E-state index contributed by atoms with van der Waals surface area (Å²) in [6, 6.07) is 16.6. The van der Waals surface area contributed by atoms with E-state index in [4.69, 9.17) is 9.84 Å². The van der Waals surface area contributed by atoms with Crippen molar-refractivity contribution in [2.24, 2.45) is 0 Å². The Morgan fingerprint density at radius 3 is 2.43 bits per heavy atom. The molecule has 1 amide bonds. The molecular formula is C28H25BrN2O6. The Balaban J connectivity index is 1.68. The number of carboxylic acid groups (broad SMARTS) is 1. The highest BCUT2D eigenvalue weighted by molar-refractivity contribution is 9.10.